The molecule has 1 amide bonds. The van der Waals surface area contributed by atoms with E-state index in [0.717, 1.165) is 44.5 Å². The van der Waals surface area contributed by atoms with Crippen molar-refractivity contribution < 1.29 is 9.32 Å². The average Bonchev–Trinajstić information content (AvgIpc) is 3.31. The summed E-state index contributed by atoms with van der Waals surface area (Å²) in [7, 11) is 0. The van der Waals surface area contributed by atoms with E-state index in [-0.39, 0.29) is 11.4 Å². The molecule has 0 aliphatic carbocycles. The number of aromatic amines is 1. The van der Waals surface area contributed by atoms with Crippen LogP contribution in [0.4, 0.5) is 0 Å². The molecule has 1 fully saturated rings. The van der Waals surface area contributed by atoms with Crippen molar-refractivity contribution >= 4 is 5.91 Å². The zero-order valence-electron chi connectivity index (χ0n) is 16.5. The number of likely N-dealkylation sites (N-methyl/N-ethyl adjacent to an activating group) is 1. The van der Waals surface area contributed by atoms with E-state index in [0.29, 0.717) is 24.8 Å². The number of rotatable bonds is 4. The Morgan fingerprint density at radius 3 is 2.81 bits per heavy atom. The van der Waals surface area contributed by atoms with Crippen molar-refractivity contribution in [2.75, 3.05) is 26.2 Å². The van der Waals surface area contributed by atoms with Crippen molar-refractivity contribution in [1.82, 2.24) is 24.9 Å². The van der Waals surface area contributed by atoms with Crippen LogP contribution in [-0.4, -0.2) is 57.0 Å². The van der Waals surface area contributed by atoms with Crippen molar-refractivity contribution in [3.05, 3.63) is 35.2 Å². The summed E-state index contributed by atoms with van der Waals surface area (Å²) in [6.07, 6.45) is 5.46. The van der Waals surface area contributed by atoms with E-state index in [9.17, 15) is 4.79 Å². The molecular formula is C20H29N5O2. The van der Waals surface area contributed by atoms with Crippen LogP contribution in [0.3, 0.4) is 0 Å². The van der Waals surface area contributed by atoms with E-state index in [1.54, 1.807) is 6.07 Å². The molecule has 0 bridgehead atoms. The molecule has 2 aromatic heterocycles. The zero-order chi connectivity index (χ0) is 19.0. The van der Waals surface area contributed by atoms with Gasteiger partial charge in [-0.3, -0.25) is 9.69 Å². The minimum Gasteiger partial charge on any atom is -0.351 e. The summed E-state index contributed by atoms with van der Waals surface area (Å²) in [4.78, 5) is 25.3. The van der Waals surface area contributed by atoms with E-state index < -0.39 is 0 Å². The monoisotopic (exact) mass is 371 g/mol. The Labute approximate surface area is 160 Å². The van der Waals surface area contributed by atoms with Crippen molar-refractivity contribution in [2.45, 2.75) is 52.0 Å². The molecular weight excluding hydrogens is 342 g/mol. The van der Waals surface area contributed by atoms with Gasteiger partial charge in [0, 0.05) is 37.8 Å². The normalized spacial score (nSPS) is 19.6. The van der Waals surface area contributed by atoms with Crippen LogP contribution in [0.25, 0.3) is 0 Å². The van der Waals surface area contributed by atoms with Gasteiger partial charge in [0.25, 0.3) is 5.91 Å². The average molecular weight is 371 g/mol. The second kappa shape index (κ2) is 7.11. The molecule has 7 nitrogen and oxygen atoms in total. The third-order valence-corrected chi connectivity index (χ3v) is 6.04. The molecule has 2 aliphatic rings. The van der Waals surface area contributed by atoms with E-state index in [4.69, 9.17) is 4.52 Å². The number of nitrogens with one attached hydrogen (secondary N) is 1. The number of fused-ring (bicyclic) bond motifs is 2. The number of piperidine rings is 1. The molecule has 0 saturated carbocycles. The topological polar surface area (TPSA) is 78.3 Å². The molecule has 1 N–H and O–H groups in total. The number of amides is 1. The van der Waals surface area contributed by atoms with Gasteiger partial charge in [0.1, 0.15) is 0 Å². The summed E-state index contributed by atoms with van der Waals surface area (Å²) in [5.74, 6) is 0.800. The number of carbonyl (C=O) groups is 1. The minimum absolute atomic E-state index is 0.0477. The Kier molecular flexibility index (Phi) is 4.80. The Bertz CT molecular complexity index is 801. The molecule has 27 heavy (non-hydrogen) atoms. The second-order valence-corrected chi connectivity index (χ2v) is 8.16. The highest BCUT2D eigenvalue weighted by atomic mass is 16.5. The van der Waals surface area contributed by atoms with Gasteiger partial charge in [-0.2, -0.15) is 0 Å². The van der Waals surface area contributed by atoms with Gasteiger partial charge in [-0.25, -0.2) is 4.98 Å². The Balaban J connectivity index is 1.49. The standard InChI is InChI=1S/C20H29N5O2/c1-4-25-8-5-16-18(22-13-21-16)20(25)6-9-24(10-7-20)19(26)17-12-15(23-27-17)11-14(2)3/h12-14H,4-11H2,1-3H3,(H,21,22). The van der Waals surface area contributed by atoms with E-state index in [2.05, 4.69) is 40.8 Å². The maximum absolute atomic E-state index is 12.9. The molecule has 2 aliphatic heterocycles. The van der Waals surface area contributed by atoms with E-state index >= 15 is 0 Å². The fraction of sp³-hybridized carbons (Fsp3) is 0.650. The third-order valence-electron chi connectivity index (χ3n) is 6.04. The first-order valence-electron chi connectivity index (χ1n) is 10.1. The van der Waals surface area contributed by atoms with Gasteiger partial charge in [0.15, 0.2) is 0 Å². The van der Waals surface area contributed by atoms with Crippen LogP contribution >= 0.6 is 0 Å². The SMILES string of the molecule is CCN1CCc2[nH]cnc2C12CCN(C(=O)c1cc(CC(C)C)no1)CC2. The minimum atomic E-state index is -0.0523. The molecule has 0 aromatic carbocycles. The molecule has 4 heterocycles. The van der Waals surface area contributed by atoms with Crippen molar-refractivity contribution in [3.8, 4) is 0 Å². The number of nitrogens with zero attached hydrogens (tertiary/aromatic N) is 4. The first-order chi connectivity index (χ1) is 13.0. The lowest BCUT2D eigenvalue weighted by Gasteiger charge is -2.50. The number of likely N-dealkylation sites (tertiary alicyclic amines) is 1. The van der Waals surface area contributed by atoms with Crippen LogP contribution in [0.1, 0.15) is 61.2 Å². The number of aromatic nitrogens is 3. The van der Waals surface area contributed by atoms with Gasteiger partial charge in [-0.05, 0) is 31.7 Å². The highest BCUT2D eigenvalue weighted by Crippen LogP contribution is 2.42. The van der Waals surface area contributed by atoms with Crippen molar-refractivity contribution in [2.24, 2.45) is 5.92 Å². The lowest BCUT2D eigenvalue weighted by Crippen LogP contribution is -2.57. The van der Waals surface area contributed by atoms with Gasteiger partial charge in [-0.15, -0.1) is 0 Å². The lowest BCUT2D eigenvalue weighted by molar-refractivity contribution is 0.00895. The van der Waals surface area contributed by atoms with Gasteiger partial charge >= 0.3 is 0 Å². The largest absolute Gasteiger partial charge is 0.351 e. The van der Waals surface area contributed by atoms with Gasteiger partial charge in [-0.1, -0.05) is 25.9 Å². The van der Waals surface area contributed by atoms with Gasteiger partial charge in [0.2, 0.25) is 5.76 Å². The first kappa shape index (κ1) is 18.2. The lowest BCUT2D eigenvalue weighted by atomic mass is 9.78. The molecule has 0 radical (unpaired) electrons. The quantitative estimate of drug-likeness (QED) is 0.894. The second-order valence-electron chi connectivity index (χ2n) is 8.16. The summed E-state index contributed by atoms with van der Waals surface area (Å²) in [5.41, 5.74) is 3.24. The number of H-pyrrole nitrogens is 1. The predicted octanol–water partition coefficient (Wildman–Crippen LogP) is 2.61. The number of carbonyl (C=O) groups excluding carboxylic acids is 1. The number of imidazole rings is 1. The molecule has 2 aromatic rings. The van der Waals surface area contributed by atoms with E-state index in [1.807, 2.05) is 11.2 Å². The van der Waals surface area contributed by atoms with Crippen molar-refractivity contribution in [1.29, 1.82) is 0 Å². The molecule has 1 saturated heterocycles. The Morgan fingerprint density at radius 1 is 1.33 bits per heavy atom. The van der Waals surface area contributed by atoms with Gasteiger partial charge in [0.05, 0.1) is 23.3 Å². The van der Waals surface area contributed by atoms with Crippen LogP contribution in [0, 0.1) is 5.92 Å². The molecule has 146 valence electrons. The van der Waals surface area contributed by atoms with Crippen LogP contribution in [0.15, 0.2) is 16.9 Å². The van der Waals surface area contributed by atoms with Gasteiger partial charge < -0.3 is 14.4 Å². The molecule has 7 heteroatoms. The molecule has 1 spiro atoms. The third kappa shape index (κ3) is 3.18. The Morgan fingerprint density at radius 2 is 2.11 bits per heavy atom. The highest BCUT2D eigenvalue weighted by molar-refractivity contribution is 5.91. The van der Waals surface area contributed by atoms with Crippen LogP contribution in [0.2, 0.25) is 0 Å². The summed E-state index contributed by atoms with van der Waals surface area (Å²) < 4.78 is 5.33. The van der Waals surface area contributed by atoms with Crippen LogP contribution < -0.4 is 0 Å². The first-order valence-corrected chi connectivity index (χ1v) is 10.1. The van der Waals surface area contributed by atoms with Crippen LogP contribution in [-0.2, 0) is 18.4 Å². The molecule has 0 unspecified atom stereocenters. The highest BCUT2D eigenvalue weighted by Gasteiger charge is 2.46. The number of hydrogen-bond donors (Lipinski definition) is 1. The fourth-order valence-electron chi connectivity index (χ4n) is 4.70. The van der Waals surface area contributed by atoms with Crippen molar-refractivity contribution in [3.63, 3.8) is 0 Å². The summed E-state index contributed by atoms with van der Waals surface area (Å²) >= 11 is 0. The smallest absolute Gasteiger partial charge is 0.292 e. The summed E-state index contributed by atoms with van der Waals surface area (Å²) in [6.45, 7) is 9.94. The predicted molar refractivity (Wildman–Crippen MR) is 101 cm³/mol. The molecule has 4 rings (SSSR count). The molecule has 0 atom stereocenters. The van der Waals surface area contributed by atoms with E-state index in [1.165, 1.54) is 11.4 Å². The maximum atomic E-state index is 12.9. The summed E-state index contributed by atoms with van der Waals surface area (Å²) in [6, 6.07) is 1.80. The summed E-state index contributed by atoms with van der Waals surface area (Å²) in [5, 5.41) is 4.06. The zero-order valence-corrected chi connectivity index (χ0v) is 16.5. The fourth-order valence-corrected chi connectivity index (χ4v) is 4.70. The van der Waals surface area contributed by atoms with Crippen LogP contribution in [0.5, 0.6) is 0 Å². The Hall–Kier alpha value is -2.15. The maximum Gasteiger partial charge on any atom is 0.292 e. The number of hydrogen-bond acceptors (Lipinski definition) is 5.